The first-order valence-corrected chi connectivity index (χ1v) is 8.83. The van der Waals surface area contributed by atoms with Crippen molar-refractivity contribution in [1.29, 1.82) is 0 Å². The van der Waals surface area contributed by atoms with E-state index in [1.807, 2.05) is 40.9 Å². The van der Waals surface area contributed by atoms with Gasteiger partial charge in [-0.2, -0.15) is 0 Å². The van der Waals surface area contributed by atoms with E-state index < -0.39 is 0 Å². The lowest BCUT2D eigenvalue weighted by Crippen LogP contribution is -1.84. The van der Waals surface area contributed by atoms with E-state index in [1.54, 1.807) is 17.6 Å². The Hall–Kier alpha value is -2.89. The number of aliphatic hydroxyl groups is 1. The van der Waals surface area contributed by atoms with Crippen LogP contribution in [0.5, 0.6) is 0 Å². The Kier molecular flexibility index (Phi) is 3.23. The average molecular weight is 346 g/mol. The highest BCUT2D eigenvalue weighted by Crippen LogP contribution is 2.28. The van der Waals surface area contributed by atoms with Gasteiger partial charge in [-0.05, 0) is 59.0 Å². The van der Waals surface area contributed by atoms with Gasteiger partial charge in [-0.25, -0.2) is 4.98 Å². The molecule has 5 heteroatoms. The van der Waals surface area contributed by atoms with E-state index in [9.17, 15) is 5.11 Å². The molecule has 0 saturated carbocycles. The van der Waals surface area contributed by atoms with Gasteiger partial charge in [0.1, 0.15) is 11.2 Å². The molecule has 5 aromatic rings. The standard InChI is InChI=1S/C20H14N2O2S/c23-11-17-8-16(12-25-17)15-2-4-20-21-18(10-22(20)9-15)13-1-3-19-14(7-13)5-6-24-19/h1-10,12,23H,11H2. The van der Waals surface area contributed by atoms with Gasteiger partial charge in [0.15, 0.2) is 0 Å². The van der Waals surface area contributed by atoms with Crippen molar-refractivity contribution in [1.82, 2.24) is 9.38 Å². The number of benzene rings is 1. The zero-order valence-corrected chi connectivity index (χ0v) is 14.0. The van der Waals surface area contributed by atoms with Crippen molar-refractivity contribution in [3.63, 3.8) is 0 Å². The number of rotatable bonds is 3. The number of thiophene rings is 1. The van der Waals surface area contributed by atoms with Gasteiger partial charge < -0.3 is 13.9 Å². The maximum absolute atomic E-state index is 9.25. The summed E-state index contributed by atoms with van der Waals surface area (Å²) in [5.74, 6) is 0. The number of furan rings is 1. The fourth-order valence-electron chi connectivity index (χ4n) is 3.04. The van der Waals surface area contributed by atoms with E-state index in [-0.39, 0.29) is 6.61 Å². The molecule has 122 valence electrons. The number of fused-ring (bicyclic) bond motifs is 2. The monoisotopic (exact) mass is 346 g/mol. The predicted octanol–water partition coefficient (Wildman–Crippen LogP) is 4.97. The fraction of sp³-hybridized carbons (Fsp3) is 0.0500. The molecule has 4 nitrogen and oxygen atoms in total. The highest BCUT2D eigenvalue weighted by molar-refractivity contribution is 7.10. The molecule has 0 aliphatic carbocycles. The third-order valence-electron chi connectivity index (χ3n) is 4.34. The molecule has 0 amide bonds. The molecule has 1 N–H and O–H groups in total. The second kappa shape index (κ2) is 5.58. The third kappa shape index (κ3) is 2.45. The molecule has 0 fully saturated rings. The van der Waals surface area contributed by atoms with Crippen LogP contribution in [0.2, 0.25) is 0 Å². The van der Waals surface area contributed by atoms with Crippen molar-refractivity contribution in [3.8, 4) is 22.4 Å². The molecular formula is C20H14N2O2S. The lowest BCUT2D eigenvalue weighted by molar-refractivity contribution is 0.285. The first kappa shape index (κ1) is 14.5. The smallest absolute Gasteiger partial charge is 0.137 e. The molecule has 0 spiro atoms. The normalized spacial score (nSPS) is 11.6. The van der Waals surface area contributed by atoms with Crippen molar-refractivity contribution in [2.24, 2.45) is 0 Å². The van der Waals surface area contributed by atoms with Gasteiger partial charge in [0.05, 0.1) is 18.6 Å². The van der Waals surface area contributed by atoms with E-state index in [0.717, 1.165) is 43.9 Å². The van der Waals surface area contributed by atoms with Crippen LogP contribution in [0.4, 0.5) is 0 Å². The van der Waals surface area contributed by atoms with Crippen LogP contribution in [0.3, 0.4) is 0 Å². The number of pyridine rings is 1. The molecule has 4 heterocycles. The Balaban J connectivity index is 1.58. The minimum Gasteiger partial charge on any atom is -0.464 e. The molecule has 0 saturated heterocycles. The Morgan fingerprint density at radius 1 is 1.00 bits per heavy atom. The van der Waals surface area contributed by atoms with Crippen molar-refractivity contribution in [2.45, 2.75) is 6.61 Å². The summed E-state index contributed by atoms with van der Waals surface area (Å²) in [6, 6.07) is 14.2. The molecule has 0 bridgehead atoms. The largest absolute Gasteiger partial charge is 0.464 e. The number of hydrogen-bond donors (Lipinski definition) is 1. The van der Waals surface area contributed by atoms with Crippen LogP contribution in [0.1, 0.15) is 4.88 Å². The number of nitrogens with zero attached hydrogens (tertiary/aromatic N) is 2. The summed E-state index contributed by atoms with van der Waals surface area (Å²) >= 11 is 1.57. The molecule has 0 aliphatic rings. The number of imidazole rings is 1. The van der Waals surface area contributed by atoms with E-state index in [2.05, 4.69) is 23.7 Å². The molecule has 0 radical (unpaired) electrons. The summed E-state index contributed by atoms with van der Waals surface area (Å²) in [6.07, 6.45) is 5.82. The van der Waals surface area contributed by atoms with E-state index in [4.69, 9.17) is 9.40 Å². The van der Waals surface area contributed by atoms with Gasteiger partial charge in [0.2, 0.25) is 0 Å². The summed E-state index contributed by atoms with van der Waals surface area (Å²) in [5.41, 5.74) is 6.01. The first-order valence-electron chi connectivity index (χ1n) is 7.95. The van der Waals surface area contributed by atoms with Gasteiger partial charge >= 0.3 is 0 Å². The quantitative estimate of drug-likeness (QED) is 0.502. The number of aromatic nitrogens is 2. The first-order chi connectivity index (χ1) is 12.3. The Morgan fingerprint density at radius 3 is 2.80 bits per heavy atom. The second-order valence-corrected chi connectivity index (χ2v) is 6.94. The van der Waals surface area contributed by atoms with Gasteiger partial charge in [-0.15, -0.1) is 11.3 Å². The lowest BCUT2D eigenvalue weighted by Gasteiger charge is -1.99. The summed E-state index contributed by atoms with van der Waals surface area (Å²) in [5, 5.41) is 12.4. The zero-order valence-electron chi connectivity index (χ0n) is 13.2. The van der Waals surface area contributed by atoms with Crippen molar-refractivity contribution in [3.05, 3.63) is 71.4 Å². The van der Waals surface area contributed by atoms with E-state index >= 15 is 0 Å². The molecule has 0 aliphatic heterocycles. The van der Waals surface area contributed by atoms with Gasteiger partial charge in [-0.1, -0.05) is 0 Å². The Labute approximate surface area is 147 Å². The van der Waals surface area contributed by atoms with Crippen molar-refractivity contribution in [2.75, 3.05) is 0 Å². The van der Waals surface area contributed by atoms with E-state index in [0.29, 0.717) is 0 Å². The Bertz CT molecular complexity index is 1200. The van der Waals surface area contributed by atoms with Crippen LogP contribution in [-0.4, -0.2) is 14.5 Å². The van der Waals surface area contributed by atoms with Crippen LogP contribution in [0.25, 0.3) is 39.0 Å². The number of aliphatic hydroxyl groups excluding tert-OH is 1. The molecule has 25 heavy (non-hydrogen) atoms. The van der Waals surface area contributed by atoms with Crippen LogP contribution < -0.4 is 0 Å². The minimum atomic E-state index is 0.0820. The predicted molar refractivity (Wildman–Crippen MR) is 99.6 cm³/mol. The lowest BCUT2D eigenvalue weighted by atomic mass is 10.1. The zero-order chi connectivity index (χ0) is 16.8. The molecule has 0 atom stereocenters. The molecule has 4 aromatic heterocycles. The molecule has 0 unspecified atom stereocenters. The molecule has 5 rings (SSSR count). The summed E-state index contributed by atoms with van der Waals surface area (Å²) in [7, 11) is 0. The highest BCUT2D eigenvalue weighted by Gasteiger charge is 2.08. The molecular weight excluding hydrogens is 332 g/mol. The van der Waals surface area contributed by atoms with Crippen LogP contribution in [0, 0.1) is 0 Å². The van der Waals surface area contributed by atoms with Crippen LogP contribution >= 0.6 is 11.3 Å². The summed E-state index contributed by atoms with van der Waals surface area (Å²) in [4.78, 5) is 5.69. The summed E-state index contributed by atoms with van der Waals surface area (Å²) < 4.78 is 7.44. The summed E-state index contributed by atoms with van der Waals surface area (Å²) in [6.45, 7) is 0.0820. The maximum atomic E-state index is 9.25. The van der Waals surface area contributed by atoms with Gasteiger partial charge in [-0.3, -0.25) is 0 Å². The van der Waals surface area contributed by atoms with Crippen molar-refractivity contribution < 1.29 is 9.52 Å². The second-order valence-electron chi connectivity index (χ2n) is 5.94. The van der Waals surface area contributed by atoms with Crippen LogP contribution in [-0.2, 0) is 6.61 Å². The topological polar surface area (TPSA) is 50.7 Å². The minimum absolute atomic E-state index is 0.0820. The fourth-order valence-corrected chi connectivity index (χ4v) is 3.79. The maximum Gasteiger partial charge on any atom is 0.137 e. The van der Waals surface area contributed by atoms with Crippen molar-refractivity contribution >= 4 is 28.0 Å². The highest BCUT2D eigenvalue weighted by atomic mass is 32.1. The SMILES string of the molecule is OCc1cc(-c2ccc3nc(-c4ccc5occc5c4)cn3c2)cs1. The third-order valence-corrected chi connectivity index (χ3v) is 5.26. The van der Waals surface area contributed by atoms with E-state index in [1.165, 1.54) is 0 Å². The molecule has 1 aromatic carbocycles. The van der Waals surface area contributed by atoms with Gasteiger partial charge in [0.25, 0.3) is 0 Å². The van der Waals surface area contributed by atoms with Gasteiger partial charge in [0, 0.05) is 28.2 Å². The average Bonchev–Trinajstić information content (AvgIpc) is 3.37. The van der Waals surface area contributed by atoms with Crippen LogP contribution in [0.15, 0.2) is 70.9 Å². The number of hydrogen-bond acceptors (Lipinski definition) is 4. The Morgan fingerprint density at radius 2 is 1.92 bits per heavy atom.